The number of aromatic amines is 1. The fourth-order valence-electron chi connectivity index (χ4n) is 3.50. The molecule has 0 amide bonds. The molecule has 4 rings (SSSR count). The van der Waals surface area contributed by atoms with E-state index in [-0.39, 0.29) is 0 Å². The summed E-state index contributed by atoms with van der Waals surface area (Å²) in [6.07, 6.45) is 5.58. The SMILES string of the molecule is N#Cc1cccc(CN2CCC(Cc3nc(-c4cccnc4)n[nH]3)C2)c1. The highest BCUT2D eigenvalue weighted by atomic mass is 15.2. The summed E-state index contributed by atoms with van der Waals surface area (Å²) < 4.78 is 0. The fraction of sp³-hybridized carbons (Fsp3) is 0.300. The summed E-state index contributed by atoms with van der Waals surface area (Å²) in [7, 11) is 0. The maximum Gasteiger partial charge on any atom is 0.182 e. The van der Waals surface area contributed by atoms with Crippen molar-refractivity contribution >= 4 is 0 Å². The molecule has 1 aliphatic heterocycles. The highest BCUT2D eigenvalue weighted by molar-refractivity contribution is 5.52. The third-order valence-electron chi connectivity index (χ3n) is 4.77. The zero-order chi connectivity index (χ0) is 17.8. The predicted molar refractivity (Wildman–Crippen MR) is 97.9 cm³/mol. The van der Waals surface area contributed by atoms with E-state index in [0.29, 0.717) is 11.7 Å². The third kappa shape index (κ3) is 3.79. The summed E-state index contributed by atoms with van der Waals surface area (Å²) in [5, 5.41) is 16.4. The molecule has 1 saturated heterocycles. The summed E-state index contributed by atoms with van der Waals surface area (Å²) in [5.41, 5.74) is 2.85. The summed E-state index contributed by atoms with van der Waals surface area (Å²) in [4.78, 5) is 11.2. The van der Waals surface area contributed by atoms with Crippen molar-refractivity contribution in [1.82, 2.24) is 25.1 Å². The number of aromatic nitrogens is 4. The molecule has 26 heavy (non-hydrogen) atoms. The number of likely N-dealkylation sites (tertiary alicyclic amines) is 1. The van der Waals surface area contributed by atoms with Gasteiger partial charge in [-0.3, -0.25) is 15.0 Å². The average Bonchev–Trinajstić information content (AvgIpc) is 3.33. The van der Waals surface area contributed by atoms with Gasteiger partial charge in [-0.2, -0.15) is 10.4 Å². The molecule has 130 valence electrons. The molecule has 1 unspecified atom stereocenters. The van der Waals surface area contributed by atoms with Crippen LogP contribution in [0.3, 0.4) is 0 Å². The Kier molecular flexibility index (Phi) is 4.71. The number of nitrogens with one attached hydrogen (secondary N) is 1. The van der Waals surface area contributed by atoms with Crippen molar-refractivity contribution in [2.75, 3.05) is 13.1 Å². The minimum Gasteiger partial charge on any atom is -0.299 e. The standard InChI is InChI=1S/C20H20N6/c21-11-15-3-1-4-16(9-15)13-26-8-6-17(14-26)10-19-23-20(25-24-19)18-5-2-7-22-12-18/h1-5,7,9,12,17H,6,8,10,13-14H2,(H,23,24,25). The fourth-order valence-corrected chi connectivity index (χ4v) is 3.50. The van der Waals surface area contributed by atoms with Gasteiger partial charge < -0.3 is 0 Å². The summed E-state index contributed by atoms with van der Waals surface area (Å²) in [6.45, 7) is 3.01. The first-order chi connectivity index (χ1) is 12.8. The number of hydrogen-bond donors (Lipinski definition) is 1. The summed E-state index contributed by atoms with van der Waals surface area (Å²) in [5.74, 6) is 2.21. The zero-order valence-corrected chi connectivity index (χ0v) is 14.5. The second-order valence-electron chi connectivity index (χ2n) is 6.75. The second kappa shape index (κ2) is 7.46. The molecule has 0 spiro atoms. The van der Waals surface area contributed by atoms with Crippen LogP contribution in [0.4, 0.5) is 0 Å². The molecule has 1 atom stereocenters. The van der Waals surface area contributed by atoms with E-state index >= 15 is 0 Å². The molecule has 0 saturated carbocycles. The van der Waals surface area contributed by atoms with Crippen molar-refractivity contribution in [3.05, 3.63) is 65.7 Å². The van der Waals surface area contributed by atoms with E-state index in [1.807, 2.05) is 30.3 Å². The van der Waals surface area contributed by atoms with Gasteiger partial charge in [0.25, 0.3) is 0 Å². The van der Waals surface area contributed by atoms with Gasteiger partial charge in [-0.25, -0.2) is 4.98 Å². The van der Waals surface area contributed by atoms with Crippen LogP contribution >= 0.6 is 0 Å². The van der Waals surface area contributed by atoms with Gasteiger partial charge in [0.05, 0.1) is 11.6 Å². The predicted octanol–water partition coefficient (Wildman–Crippen LogP) is 2.80. The molecule has 0 bridgehead atoms. The minimum atomic E-state index is 0.573. The smallest absolute Gasteiger partial charge is 0.182 e. The average molecular weight is 344 g/mol. The molecule has 3 aromatic rings. The van der Waals surface area contributed by atoms with Crippen molar-refractivity contribution in [2.45, 2.75) is 19.4 Å². The van der Waals surface area contributed by atoms with Crippen molar-refractivity contribution in [3.8, 4) is 17.5 Å². The Morgan fingerprint density at radius 1 is 1.27 bits per heavy atom. The molecule has 1 aromatic carbocycles. The number of rotatable bonds is 5. The topological polar surface area (TPSA) is 81.5 Å². The van der Waals surface area contributed by atoms with E-state index in [2.05, 4.69) is 37.2 Å². The monoisotopic (exact) mass is 344 g/mol. The minimum absolute atomic E-state index is 0.573. The molecule has 6 heteroatoms. The van der Waals surface area contributed by atoms with Crippen molar-refractivity contribution in [2.24, 2.45) is 5.92 Å². The third-order valence-corrected chi connectivity index (χ3v) is 4.77. The van der Waals surface area contributed by atoms with Gasteiger partial charge in [0.15, 0.2) is 5.82 Å². The van der Waals surface area contributed by atoms with Crippen LogP contribution in [-0.2, 0) is 13.0 Å². The maximum atomic E-state index is 9.03. The van der Waals surface area contributed by atoms with Gasteiger partial charge in [-0.05, 0) is 48.7 Å². The van der Waals surface area contributed by atoms with Crippen LogP contribution in [0.5, 0.6) is 0 Å². The van der Waals surface area contributed by atoms with Crippen LogP contribution < -0.4 is 0 Å². The van der Waals surface area contributed by atoms with E-state index in [4.69, 9.17) is 5.26 Å². The van der Waals surface area contributed by atoms with Gasteiger partial charge in [0.2, 0.25) is 0 Å². The lowest BCUT2D eigenvalue weighted by Gasteiger charge is -2.15. The molecule has 6 nitrogen and oxygen atoms in total. The Morgan fingerprint density at radius 2 is 2.23 bits per heavy atom. The highest BCUT2D eigenvalue weighted by Gasteiger charge is 2.24. The van der Waals surface area contributed by atoms with Crippen LogP contribution in [0, 0.1) is 17.2 Å². The van der Waals surface area contributed by atoms with Crippen LogP contribution in [-0.4, -0.2) is 38.2 Å². The normalized spacial score (nSPS) is 17.3. The highest BCUT2D eigenvalue weighted by Crippen LogP contribution is 2.22. The lowest BCUT2D eigenvalue weighted by Crippen LogP contribution is -2.20. The molecule has 0 radical (unpaired) electrons. The number of nitrogens with zero attached hydrogens (tertiary/aromatic N) is 5. The molecule has 1 fully saturated rings. The van der Waals surface area contributed by atoms with Crippen LogP contribution in [0.25, 0.3) is 11.4 Å². The Morgan fingerprint density at radius 3 is 3.08 bits per heavy atom. The van der Waals surface area contributed by atoms with E-state index in [9.17, 15) is 0 Å². The first-order valence-electron chi connectivity index (χ1n) is 8.83. The number of pyridine rings is 1. The largest absolute Gasteiger partial charge is 0.299 e. The Labute approximate surface area is 152 Å². The Hall–Kier alpha value is -3.04. The van der Waals surface area contributed by atoms with Gasteiger partial charge in [0, 0.05) is 37.5 Å². The molecule has 3 heterocycles. The van der Waals surface area contributed by atoms with Crippen LogP contribution in [0.1, 0.15) is 23.4 Å². The lowest BCUT2D eigenvalue weighted by atomic mass is 10.0. The van der Waals surface area contributed by atoms with Crippen molar-refractivity contribution in [1.29, 1.82) is 5.26 Å². The van der Waals surface area contributed by atoms with E-state index in [1.54, 1.807) is 12.4 Å². The van der Waals surface area contributed by atoms with E-state index < -0.39 is 0 Å². The van der Waals surface area contributed by atoms with Crippen LogP contribution in [0.2, 0.25) is 0 Å². The number of H-pyrrole nitrogens is 1. The summed E-state index contributed by atoms with van der Waals surface area (Å²) in [6, 6.07) is 13.9. The van der Waals surface area contributed by atoms with Crippen molar-refractivity contribution in [3.63, 3.8) is 0 Å². The number of hydrogen-bond acceptors (Lipinski definition) is 5. The first-order valence-corrected chi connectivity index (χ1v) is 8.83. The van der Waals surface area contributed by atoms with Gasteiger partial charge in [0.1, 0.15) is 5.82 Å². The molecule has 2 aromatic heterocycles. The Bertz CT molecular complexity index is 911. The van der Waals surface area contributed by atoms with E-state index in [1.165, 1.54) is 5.56 Å². The maximum absolute atomic E-state index is 9.03. The quantitative estimate of drug-likeness (QED) is 0.770. The van der Waals surface area contributed by atoms with Crippen molar-refractivity contribution < 1.29 is 0 Å². The summed E-state index contributed by atoms with van der Waals surface area (Å²) >= 11 is 0. The molecule has 0 aliphatic carbocycles. The molecule has 1 aliphatic rings. The molecular formula is C20H20N6. The number of benzene rings is 1. The zero-order valence-electron chi connectivity index (χ0n) is 14.5. The van der Waals surface area contributed by atoms with Crippen LogP contribution in [0.15, 0.2) is 48.8 Å². The second-order valence-corrected chi connectivity index (χ2v) is 6.75. The van der Waals surface area contributed by atoms with Gasteiger partial charge >= 0.3 is 0 Å². The molecular weight excluding hydrogens is 324 g/mol. The van der Waals surface area contributed by atoms with Gasteiger partial charge in [-0.1, -0.05) is 12.1 Å². The van der Waals surface area contributed by atoms with E-state index in [0.717, 1.165) is 49.4 Å². The molecule has 1 N–H and O–H groups in total. The number of nitriles is 1. The Balaban J connectivity index is 1.35. The van der Waals surface area contributed by atoms with Gasteiger partial charge in [-0.15, -0.1) is 0 Å². The first kappa shape index (κ1) is 16.4. The lowest BCUT2D eigenvalue weighted by molar-refractivity contribution is 0.315.